The Morgan fingerprint density at radius 3 is 0.857 bits per heavy atom. The fourth-order valence-corrected chi connectivity index (χ4v) is 7.95. The van der Waals surface area contributed by atoms with Crippen LogP contribution in [0.5, 0.6) is 0 Å². The molecule has 0 spiro atoms. The molecule has 0 bridgehead atoms. The first-order chi connectivity index (χ1) is 30.1. The van der Waals surface area contributed by atoms with Crippen molar-refractivity contribution in [2.75, 3.05) is 0 Å². The molecule has 0 unspecified atom stereocenters. The summed E-state index contributed by atoms with van der Waals surface area (Å²) in [6.45, 7) is 26.5. The first-order valence-corrected chi connectivity index (χ1v) is 24.5. The average molecular weight is 853 g/mol. The van der Waals surface area contributed by atoms with E-state index in [1.54, 1.807) is 19.1 Å². The van der Waals surface area contributed by atoms with E-state index in [4.69, 9.17) is 0 Å². The number of allylic oxidation sites excluding steroid dienone is 22. The Morgan fingerprint density at radius 2 is 0.587 bits per heavy atom. The Kier molecular flexibility index (Phi) is 27.4. The second kappa shape index (κ2) is 31.5. The van der Waals surface area contributed by atoms with E-state index < -0.39 is 0 Å². The number of rotatable bonds is 29. The van der Waals surface area contributed by atoms with Gasteiger partial charge in [-0.2, -0.15) is 0 Å². The first-order valence-electron chi connectivity index (χ1n) is 24.5. The fourth-order valence-electron chi connectivity index (χ4n) is 7.95. The highest BCUT2D eigenvalue weighted by atomic mass is 16.1. The van der Waals surface area contributed by atoms with Crippen molar-refractivity contribution in [3.63, 3.8) is 0 Å². The topological polar surface area (TPSA) is 34.1 Å². The molecule has 0 atom stereocenters. The van der Waals surface area contributed by atoms with Gasteiger partial charge in [-0.1, -0.05) is 141 Å². The van der Waals surface area contributed by atoms with Crippen molar-refractivity contribution >= 4 is 11.6 Å². The molecule has 0 radical (unpaired) electrons. The third-order valence-electron chi connectivity index (χ3n) is 12.5. The Hall–Kier alpha value is -4.30. The Morgan fingerprint density at radius 1 is 0.349 bits per heavy atom. The van der Waals surface area contributed by atoms with Crippen molar-refractivity contribution in [1.82, 2.24) is 0 Å². The van der Waals surface area contributed by atoms with Crippen LogP contribution in [-0.4, -0.2) is 11.6 Å². The summed E-state index contributed by atoms with van der Waals surface area (Å²) < 4.78 is 0. The SMILES string of the molecule is CC(C)=CCCC(C)=CCCC(C)=CCCC(C)=CCCC(C)=CCCC(C)=CCCC(C)=CCCC(C)=CCCC(C)=CCCC(C)=CCC1=C(C)C(=O)c2ccccc2C1=O. The molecule has 0 heterocycles. The van der Waals surface area contributed by atoms with Gasteiger partial charge in [0.05, 0.1) is 0 Å². The van der Waals surface area contributed by atoms with E-state index in [0.29, 0.717) is 28.7 Å². The summed E-state index contributed by atoms with van der Waals surface area (Å²) in [5.74, 6) is -0.0320. The third-order valence-corrected chi connectivity index (χ3v) is 12.5. The highest BCUT2D eigenvalue weighted by Gasteiger charge is 2.28. The number of hydrogen-bond donors (Lipinski definition) is 0. The minimum absolute atomic E-state index is 0.00877. The molecule has 1 aromatic rings. The quantitative estimate of drug-likeness (QED) is 0.0753. The second-order valence-electron chi connectivity index (χ2n) is 19.1. The number of fused-ring (bicyclic) bond motifs is 1. The predicted octanol–water partition coefficient (Wildman–Crippen LogP) is 19.3. The zero-order valence-electron chi connectivity index (χ0n) is 42.3. The van der Waals surface area contributed by atoms with Crippen LogP contribution in [0.2, 0.25) is 0 Å². The highest BCUT2D eigenvalue weighted by molar-refractivity contribution is 6.26. The maximum Gasteiger partial charge on any atom is 0.190 e. The van der Waals surface area contributed by atoms with Crippen molar-refractivity contribution < 1.29 is 9.59 Å². The van der Waals surface area contributed by atoms with Crippen LogP contribution in [0.4, 0.5) is 0 Å². The van der Waals surface area contributed by atoms with Crippen molar-refractivity contribution in [2.45, 2.75) is 205 Å². The lowest BCUT2D eigenvalue weighted by molar-refractivity contribution is 0.0973. The lowest BCUT2D eigenvalue weighted by Crippen LogP contribution is -2.20. The number of carbonyl (C=O) groups is 2. The number of carbonyl (C=O) groups excluding carboxylic acids is 2. The average Bonchev–Trinajstić information content (AvgIpc) is 3.22. The van der Waals surface area contributed by atoms with Crippen LogP contribution in [0, 0.1) is 0 Å². The smallest absolute Gasteiger partial charge is 0.190 e. The van der Waals surface area contributed by atoms with Crippen LogP contribution < -0.4 is 0 Å². The number of ketones is 2. The van der Waals surface area contributed by atoms with Gasteiger partial charge in [-0.3, -0.25) is 9.59 Å². The molecule has 63 heavy (non-hydrogen) atoms. The predicted molar refractivity (Wildman–Crippen MR) is 279 cm³/mol. The van der Waals surface area contributed by atoms with Gasteiger partial charge in [0.2, 0.25) is 0 Å². The summed E-state index contributed by atoms with van der Waals surface area (Å²) in [4.78, 5) is 25.8. The van der Waals surface area contributed by atoms with Gasteiger partial charge in [0.1, 0.15) is 0 Å². The summed E-state index contributed by atoms with van der Waals surface area (Å²) >= 11 is 0. The van der Waals surface area contributed by atoms with Crippen LogP contribution in [0.15, 0.2) is 152 Å². The zero-order valence-corrected chi connectivity index (χ0v) is 42.3. The number of benzene rings is 1. The summed E-state index contributed by atoms with van der Waals surface area (Å²) in [5.41, 5.74) is 17.0. The van der Waals surface area contributed by atoms with Crippen molar-refractivity contribution in [3.8, 4) is 0 Å². The van der Waals surface area contributed by atoms with E-state index in [-0.39, 0.29) is 11.6 Å². The minimum Gasteiger partial charge on any atom is -0.289 e. The molecule has 1 aliphatic rings. The van der Waals surface area contributed by atoms with E-state index >= 15 is 0 Å². The monoisotopic (exact) mass is 853 g/mol. The van der Waals surface area contributed by atoms with Crippen LogP contribution in [-0.2, 0) is 0 Å². The van der Waals surface area contributed by atoms with Crippen molar-refractivity contribution in [3.05, 3.63) is 163 Å². The molecule has 0 aromatic heterocycles. The van der Waals surface area contributed by atoms with Gasteiger partial charge in [-0.05, 0) is 205 Å². The maximum atomic E-state index is 13.1. The molecule has 0 saturated carbocycles. The van der Waals surface area contributed by atoms with E-state index in [9.17, 15) is 9.59 Å². The first kappa shape index (κ1) is 54.8. The van der Waals surface area contributed by atoms with E-state index in [2.05, 4.69) is 137 Å². The summed E-state index contributed by atoms with van der Waals surface area (Å²) in [6.07, 6.45) is 44.7. The van der Waals surface area contributed by atoms with E-state index in [1.807, 2.05) is 12.1 Å². The Labute approximate surface area is 387 Å². The lowest BCUT2D eigenvalue weighted by atomic mass is 9.83. The fraction of sp³-hybridized carbons (Fsp3) is 0.508. The molecule has 1 aromatic carbocycles. The molecule has 1 aliphatic carbocycles. The Balaban J connectivity index is 1.59. The number of hydrogen-bond acceptors (Lipinski definition) is 2. The molecule has 2 heteroatoms. The summed E-state index contributed by atoms with van der Waals surface area (Å²) in [6, 6.07) is 7.17. The van der Waals surface area contributed by atoms with Crippen molar-refractivity contribution in [1.29, 1.82) is 0 Å². The van der Waals surface area contributed by atoms with Crippen LogP contribution in [0.25, 0.3) is 0 Å². The van der Waals surface area contributed by atoms with Crippen molar-refractivity contribution in [2.24, 2.45) is 0 Å². The van der Waals surface area contributed by atoms with Crippen LogP contribution in [0.1, 0.15) is 226 Å². The van der Waals surface area contributed by atoms with E-state index in [1.165, 1.54) is 75.0 Å². The van der Waals surface area contributed by atoms with Gasteiger partial charge in [0, 0.05) is 22.3 Å². The molecule has 0 aliphatic heterocycles. The van der Waals surface area contributed by atoms with Gasteiger partial charge < -0.3 is 0 Å². The Bertz CT molecular complexity index is 1980. The maximum absolute atomic E-state index is 13.1. The molecule has 344 valence electrons. The van der Waals surface area contributed by atoms with Gasteiger partial charge >= 0.3 is 0 Å². The lowest BCUT2D eigenvalue weighted by Gasteiger charge is -2.18. The van der Waals surface area contributed by atoms with Gasteiger partial charge in [-0.25, -0.2) is 0 Å². The molecular weight excluding hydrogens is 765 g/mol. The zero-order chi connectivity index (χ0) is 46.6. The molecule has 0 N–H and O–H groups in total. The molecule has 0 saturated heterocycles. The second-order valence-corrected chi connectivity index (χ2v) is 19.1. The largest absolute Gasteiger partial charge is 0.289 e. The third kappa shape index (κ3) is 24.4. The molecule has 0 fully saturated rings. The summed E-state index contributed by atoms with van der Waals surface area (Å²) in [5, 5.41) is 0. The standard InChI is InChI=1S/C61H88O2/c1-46(2)24-15-25-47(3)26-16-27-48(4)28-17-29-49(5)30-18-31-50(6)32-19-33-51(7)34-20-35-52(8)36-21-37-53(9)38-22-39-54(10)40-23-41-55(11)44-45-57-56(12)60(62)58-42-13-14-43-59(58)61(57)63/h13-14,24,26,28,30,32,34,36,38,40,42-44H,15-23,25,27,29,31,33,35,37,39,41,45H2,1-12H3. The molecular formula is C61H88O2. The van der Waals surface area contributed by atoms with Crippen LogP contribution >= 0.6 is 0 Å². The molecule has 0 amide bonds. The number of Topliss-reactive ketones (excluding diaryl/α,β-unsaturated/α-hetero) is 2. The summed E-state index contributed by atoms with van der Waals surface area (Å²) in [7, 11) is 0. The highest BCUT2D eigenvalue weighted by Crippen LogP contribution is 2.29. The van der Waals surface area contributed by atoms with Crippen LogP contribution in [0.3, 0.4) is 0 Å². The van der Waals surface area contributed by atoms with Gasteiger partial charge in [0.15, 0.2) is 11.6 Å². The van der Waals surface area contributed by atoms with Gasteiger partial charge in [0.25, 0.3) is 0 Å². The van der Waals surface area contributed by atoms with E-state index in [0.717, 1.165) is 96.3 Å². The normalized spacial score (nSPS) is 15.5. The van der Waals surface area contributed by atoms with Gasteiger partial charge in [-0.15, -0.1) is 0 Å². The molecule has 2 rings (SSSR count). The molecule has 2 nitrogen and oxygen atoms in total. The minimum atomic E-state index is -0.0232.